The van der Waals surface area contributed by atoms with Crippen LogP contribution in [0.5, 0.6) is 0 Å². The Morgan fingerprint density at radius 1 is 1.53 bits per heavy atom. The molecule has 2 aromatic rings. The first-order chi connectivity index (χ1) is 9.29. The van der Waals surface area contributed by atoms with E-state index in [2.05, 4.69) is 4.98 Å². The summed E-state index contributed by atoms with van der Waals surface area (Å²) < 4.78 is 7.08. The Kier molecular flexibility index (Phi) is 3.18. The lowest BCUT2D eigenvalue weighted by Crippen LogP contribution is -2.50. The van der Waals surface area contributed by atoms with Gasteiger partial charge in [0, 0.05) is 18.9 Å². The van der Waals surface area contributed by atoms with Gasteiger partial charge in [-0.1, -0.05) is 6.07 Å². The molecule has 1 fully saturated rings. The first kappa shape index (κ1) is 12.1. The van der Waals surface area contributed by atoms with Crippen LogP contribution in [0.3, 0.4) is 0 Å². The van der Waals surface area contributed by atoms with Gasteiger partial charge in [-0.15, -0.1) is 0 Å². The van der Waals surface area contributed by atoms with Crippen LogP contribution in [0.1, 0.15) is 10.5 Å². The van der Waals surface area contributed by atoms with E-state index in [0.717, 1.165) is 5.65 Å². The minimum absolute atomic E-state index is 0.0981. The molecule has 1 amide bonds. The molecule has 0 saturated carbocycles. The fourth-order valence-electron chi connectivity index (χ4n) is 2.26. The lowest BCUT2D eigenvalue weighted by Gasteiger charge is -2.33. The third kappa shape index (κ3) is 2.20. The van der Waals surface area contributed by atoms with Gasteiger partial charge >= 0.3 is 0 Å². The van der Waals surface area contributed by atoms with Crippen molar-refractivity contribution in [2.45, 2.75) is 6.04 Å². The number of nitrogens with zero attached hydrogens (tertiary/aromatic N) is 3. The van der Waals surface area contributed by atoms with Crippen molar-refractivity contribution >= 4 is 11.6 Å². The van der Waals surface area contributed by atoms with Crippen LogP contribution in [0.4, 0.5) is 0 Å². The minimum Gasteiger partial charge on any atom is -0.394 e. The number of carbonyl (C=O) groups is 1. The van der Waals surface area contributed by atoms with E-state index in [-0.39, 0.29) is 18.6 Å². The van der Waals surface area contributed by atoms with Crippen molar-refractivity contribution < 1.29 is 14.6 Å². The van der Waals surface area contributed by atoms with Crippen molar-refractivity contribution in [3.05, 3.63) is 36.3 Å². The van der Waals surface area contributed by atoms with Gasteiger partial charge in [-0.05, 0) is 12.1 Å². The number of hydrogen-bond acceptors (Lipinski definition) is 4. The quantitative estimate of drug-likeness (QED) is 0.836. The number of aromatic nitrogens is 2. The molecule has 2 aromatic heterocycles. The molecule has 1 aliphatic rings. The molecule has 6 nitrogen and oxygen atoms in total. The highest BCUT2D eigenvalue weighted by Crippen LogP contribution is 2.13. The fourth-order valence-corrected chi connectivity index (χ4v) is 2.26. The molecule has 1 unspecified atom stereocenters. The highest BCUT2D eigenvalue weighted by atomic mass is 16.5. The van der Waals surface area contributed by atoms with E-state index in [0.29, 0.717) is 25.5 Å². The maximum absolute atomic E-state index is 12.4. The van der Waals surface area contributed by atoms with Crippen molar-refractivity contribution in [1.82, 2.24) is 14.3 Å². The molecule has 0 spiro atoms. The second-order valence-electron chi connectivity index (χ2n) is 4.50. The van der Waals surface area contributed by atoms with Gasteiger partial charge in [0.2, 0.25) is 0 Å². The van der Waals surface area contributed by atoms with E-state index in [4.69, 9.17) is 4.74 Å². The van der Waals surface area contributed by atoms with E-state index in [1.807, 2.05) is 28.8 Å². The van der Waals surface area contributed by atoms with Gasteiger partial charge in [0.1, 0.15) is 11.3 Å². The molecule has 6 heteroatoms. The Balaban J connectivity index is 1.89. The second-order valence-corrected chi connectivity index (χ2v) is 4.50. The van der Waals surface area contributed by atoms with Crippen molar-refractivity contribution in [2.24, 2.45) is 0 Å². The number of ether oxygens (including phenoxy) is 1. The third-order valence-corrected chi connectivity index (χ3v) is 3.28. The Hall–Kier alpha value is -1.92. The SMILES string of the molecule is O=C(c1cn2ccccc2n1)N1CCOCC1CO. The first-order valence-electron chi connectivity index (χ1n) is 6.23. The zero-order valence-electron chi connectivity index (χ0n) is 10.4. The van der Waals surface area contributed by atoms with Gasteiger partial charge in [-0.3, -0.25) is 4.79 Å². The zero-order valence-corrected chi connectivity index (χ0v) is 10.4. The summed E-state index contributed by atoms with van der Waals surface area (Å²) in [6, 6.07) is 5.32. The molecule has 1 saturated heterocycles. The largest absolute Gasteiger partial charge is 0.394 e. The number of hydrogen-bond donors (Lipinski definition) is 1. The van der Waals surface area contributed by atoms with Crippen LogP contribution in [0, 0.1) is 0 Å². The van der Waals surface area contributed by atoms with Gasteiger partial charge in [0.25, 0.3) is 5.91 Å². The van der Waals surface area contributed by atoms with Crippen molar-refractivity contribution in [3.8, 4) is 0 Å². The third-order valence-electron chi connectivity index (χ3n) is 3.28. The topological polar surface area (TPSA) is 67.1 Å². The molecule has 1 atom stereocenters. The number of carbonyl (C=O) groups excluding carboxylic acids is 1. The summed E-state index contributed by atoms with van der Waals surface area (Å²) >= 11 is 0. The molecule has 0 aliphatic carbocycles. The average molecular weight is 261 g/mol. The standard InChI is InChI=1S/C13H15N3O3/c17-8-10-9-19-6-5-16(10)13(18)11-7-15-4-2-1-3-12(15)14-11/h1-4,7,10,17H,5-6,8-9H2. The van der Waals surface area contributed by atoms with Crippen LogP contribution in [-0.2, 0) is 4.74 Å². The number of aliphatic hydroxyl groups excluding tert-OH is 1. The van der Waals surface area contributed by atoms with E-state index >= 15 is 0 Å². The van der Waals surface area contributed by atoms with Gasteiger partial charge in [-0.25, -0.2) is 4.98 Å². The van der Waals surface area contributed by atoms with Crippen LogP contribution in [0.25, 0.3) is 5.65 Å². The summed E-state index contributed by atoms with van der Waals surface area (Å²) in [7, 11) is 0. The fraction of sp³-hybridized carbons (Fsp3) is 0.385. The van der Waals surface area contributed by atoms with E-state index < -0.39 is 0 Å². The summed E-state index contributed by atoms with van der Waals surface area (Å²) in [5.41, 5.74) is 1.13. The molecule has 1 N–H and O–H groups in total. The lowest BCUT2D eigenvalue weighted by atomic mass is 10.2. The smallest absolute Gasteiger partial charge is 0.274 e. The van der Waals surface area contributed by atoms with E-state index in [9.17, 15) is 9.90 Å². The van der Waals surface area contributed by atoms with Gasteiger partial charge in [0.05, 0.1) is 25.9 Å². The predicted octanol–water partition coefficient (Wildman–Crippen LogP) is 0.168. The molecule has 3 heterocycles. The number of imidazole rings is 1. The van der Waals surface area contributed by atoms with Crippen LogP contribution >= 0.6 is 0 Å². The first-order valence-corrected chi connectivity index (χ1v) is 6.23. The highest BCUT2D eigenvalue weighted by molar-refractivity contribution is 5.93. The lowest BCUT2D eigenvalue weighted by molar-refractivity contribution is -0.0186. The van der Waals surface area contributed by atoms with Crippen LogP contribution < -0.4 is 0 Å². The van der Waals surface area contributed by atoms with Crippen molar-refractivity contribution in [3.63, 3.8) is 0 Å². The molecule has 0 aromatic carbocycles. The van der Waals surface area contributed by atoms with Crippen LogP contribution in [0.15, 0.2) is 30.6 Å². The normalized spacial score (nSPS) is 19.8. The number of amides is 1. The number of morpholine rings is 1. The molecule has 19 heavy (non-hydrogen) atoms. The molecule has 0 radical (unpaired) electrons. The Bertz CT molecular complexity index is 563. The molecular formula is C13H15N3O3. The number of rotatable bonds is 2. The predicted molar refractivity (Wildman–Crippen MR) is 67.9 cm³/mol. The number of aliphatic hydroxyl groups is 1. The van der Waals surface area contributed by atoms with Crippen molar-refractivity contribution in [2.75, 3.05) is 26.4 Å². The highest BCUT2D eigenvalue weighted by Gasteiger charge is 2.28. The molecular weight excluding hydrogens is 246 g/mol. The van der Waals surface area contributed by atoms with E-state index in [1.165, 1.54) is 0 Å². The van der Waals surface area contributed by atoms with Gasteiger partial charge in [0.15, 0.2) is 0 Å². The zero-order chi connectivity index (χ0) is 13.2. The summed E-state index contributed by atoms with van der Waals surface area (Å²) in [5.74, 6) is -0.161. The van der Waals surface area contributed by atoms with E-state index in [1.54, 1.807) is 11.1 Å². The summed E-state index contributed by atoms with van der Waals surface area (Å²) in [4.78, 5) is 18.4. The summed E-state index contributed by atoms with van der Waals surface area (Å²) in [6.45, 7) is 1.25. The monoisotopic (exact) mass is 261 g/mol. The van der Waals surface area contributed by atoms with Gasteiger partial charge < -0.3 is 19.1 Å². The van der Waals surface area contributed by atoms with Crippen molar-refractivity contribution in [1.29, 1.82) is 0 Å². The summed E-state index contributed by atoms with van der Waals surface area (Å²) in [5, 5.41) is 9.30. The van der Waals surface area contributed by atoms with Crippen LogP contribution in [-0.4, -0.2) is 57.7 Å². The maximum atomic E-state index is 12.4. The minimum atomic E-state index is -0.286. The molecule has 100 valence electrons. The number of pyridine rings is 1. The van der Waals surface area contributed by atoms with Crippen LogP contribution in [0.2, 0.25) is 0 Å². The molecule has 0 bridgehead atoms. The Morgan fingerprint density at radius 2 is 2.42 bits per heavy atom. The van der Waals surface area contributed by atoms with Gasteiger partial charge in [-0.2, -0.15) is 0 Å². The summed E-state index contributed by atoms with van der Waals surface area (Å²) in [6.07, 6.45) is 3.56. The Labute approximate surface area is 110 Å². The molecule has 3 rings (SSSR count). The Morgan fingerprint density at radius 3 is 3.21 bits per heavy atom. The molecule has 1 aliphatic heterocycles. The maximum Gasteiger partial charge on any atom is 0.274 e. The second kappa shape index (κ2) is 4.99. The average Bonchev–Trinajstić information content (AvgIpc) is 2.90. The number of fused-ring (bicyclic) bond motifs is 1.